The number of fused-ring (bicyclic) bond motifs is 2. The third-order valence-electron chi connectivity index (χ3n) is 6.29. The summed E-state index contributed by atoms with van der Waals surface area (Å²) in [5, 5.41) is 4.74. The lowest BCUT2D eigenvalue weighted by Crippen LogP contribution is -2.38. The van der Waals surface area contributed by atoms with Crippen molar-refractivity contribution >= 4 is 17.6 Å². The number of hydrogen-bond acceptors (Lipinski definition) is 5. The van der Waals surface area contributed by atoms with Crippen LogP contribution in [0.2, 0.25) is 5.02 Å². The number of carbonyl (C=O) groups is 1. The molecule has 2 aliphatic rings. The number of ether oxygens (including phenoxy) is 1. The molecule has 1 saturated carbocycles. The number of benzene rings is 1. The van der Waals surface area contributed by atoms with Crippen molar-refractivity contribution in [2.75, 3.05) is 0 Å². The summed E-state index contributed by atoms with van der Waals surface area (Å²) in [7, 11) is 0. The first-order valence-electron chi connectivity index (χ1n) is 8.05. The zero-order chi connectivity index (χ0) is 17.3. The van der Waals surface area contributed by atoms with Gasteiger partial charge < -0.3 is 9.26 Å². The third kappa shape index (κ3) is 1.68. The van der Waals surface area contributed by atoms with E-state index in [1.165, 1.54) is 0 Å². The Morgan fingerprint density at radius 1 is 1.21 bits per heavy atom. The average Bonchev–Trinajstić information content (AvgIpc) is 3.13. The molecule has 1 unspecified atom stereocenters. The van der Waals surface area contributed by atoms with Crippen LogP contribution in [0.3, 0.4) is 0 Å². The molecule has 24 heavy (non-hydrogen) atoms. The molecule has 6 heteroatoms. The predicted molar refractivity (Wildman–Crippen MR) is 88.4 cm³/mol. The summed E-state index contributed by atoms with van der Waals surface area (Å²) in [5.74, 6) is 0.638. The van der Waals surface area contributed by atoms with Crippen LogP contribution in [0.4, 0.5) is 0 Å². The molecule has 1 aromatic carbocycles. The second-order valence-corrected chi connectivity index (χ2v) is 7.97. The smallest absolute Gasteiger partial charge is 0.313 e. The summed E-state index contributed by atoms with van der Waals surface area (Å²) in [6.07, 6.45) is 1.45. The number of aromatic nitrogens is 2. The van der Waals surface area contributed by atoms with Crippen molar-refractivity contribution in [1.82, 2.24) is 10.1 Å². The Hall–Kier alpha value is -1.88. The second-order valence-electron chi connectivity index (χ2n) is 7.56. The number of halogens is 1. The number of hydrogen-bond donors (Lipinski definition) is 0. The SMILES string of the molecule is Cc1ccc(-c2noc(C34CC[C@@](C)(C(=O)O3)C4(C)C)n2)cc1Cl. The lowest BCUT2D eigenvalue weighted by Gasteiger charge is -2.33. The molecule has 4 rings (SSSR count). The summed E-state index contributed by atoms with van der Waals surface area (Å²) >= 11 is 6.19. The molecular weight excluding hydrogens is 328 g/mol. The number of aryl methyl sites for hydroxylation is 1. The average molecular weight is 347 g/mol. The van der Waals surface area contributed by atoms with E-state index in [-0.39, 0.29) is 5.97 Å². The predicted octanol–water partition coefficient (Wildman–Crippen LogP) is 4.28. The van der Waals surface area contributed by atoms with Crippen LogP contribution >= 0.6 is 11.6 Å². The highest BCUT2D eigenvalue weighted by Crippen LogP contribution is 2.69. The summed E-state index contributed by atoms with van der Waals surface area (Å²) in [6.45, 7) is 7.97. The van der Waals surface area contributed by atoms with E-state index in [2.05, 4.69) is 10.1 Å². The van der Waals surface area contributed by atoms with E-state index < -0.39 is 16.4 Å². The Labute approximate surface area is 145 Å². The van der Waals surface area contributed by atoms with Crippen molar-refractivity contribution in [2.24, 2.45) is 10.8 Å². The Morgan fingerprint density at radius 2 is 1.96 bits per heavy atom. The van der Waals surface area contributed by atoms with Crippen molar-refractivity contribution in [3.8, 4) is 11.4 Å². The van der Waals surface area contributed by atoms with Gasteiger partial charge in [-0.2, -0.15) is 4.98 Å². The fraction of sp³-hybridized carbons (Fsp3) is 0.500. The number of carbonyl (C=O) groups excluding carboxylic acids is 1. The van der Waals surface area contributed by atoms with Gasteiger partial charge in [0, 0.05) is 16.0 Å². The maximum Gasteiger partial charge on any atom is 0.313 e. The first-order valence-corrected chi connectivity index (χ1v) is 8.43. The van der Waals surface area contributed by atoms with Gasteiger partial charge in [0.2, 0.25) is 5.82 Å². The van der Waals surface area contributed by atoms with Crippen LogP contribution in [-0.2, 0) is 15.1 Å². The van der Waals surface area contributed by atoms with E-state index >= 15 is 0 Å². The van der Waals surface area contributed by atoms with Gasteiger partial charge in [-0.25, -0.2) is 0 Å². The van der Waals surface area contributed by atoms with E-state index in [4.69, 9.17) is 20.9 Å². The number of esters is 1. The molecule has 126 valence electrons. The monoisotopic (exact) mass is 346 g/mol. The molecule has 2 atom stereocenters. The Kier molecular flexibility index (Phi) is 3.00. The maximum absolute atomic E-state index is 12.4. The minimum atomic E-state index is -0.849. The molecule has 1 aliphatic carbocycles. The van der Waals surface area contributed by atoms with Crippen molar-refractivity contribution in [3.05, 3.63) is 34.7 Å². The van der Waals surface area contributed by atoms with Crippen LogP contribution in [0.25, 0.3) is 11.4 Å². The Bertz CT molecular complexity index is 860. The van der Waals surface area contributed by atoms with E-state index in [1.807, 2.05) is 45.9 Å². The molecule has 0 spiro atoms. The van der Waals surface area contributed by atoms with Crippen LogP contribution in [0.15, 0.2) is 22.7 Å². The third-order valence-corrected chi connectivity index (χ3v) is 6.69. The van der Waals surface area contributed by atoms with Gasteiger partial charge in [-0.15, -0.1) is 0 Å². The summed E-state index contributed by atoms with van der Waals surface area (Å²) < 4.78 is 11.3. The molecule has 2 fully saturated rings. The molecular formula is C18H19ClN2O3. The second kappa shape index (κ2) is 4.60. The standard InChI is InChI=1S/C18H19ClN2O3/c1-10-5-6-11(9-12(10)19)13-20-14(24-21-13)18-8-7-17(4,15(22)23-18)16(18,2)3/h5-6,9H,7-8H2,1-4H3/t17-,18?/m0/s1. The van der Waals surface area contributed by atoms with Crippen molar-refractivity contribution < 1.29 is 14.1 Å². The van der Waals surface area contributed by atoms with E-state index in [9.17, 15) is 4.79 Å². The lowest BCUT2D eigenvalue weighted by molar-refractivity contribution is -0.163. The number of rotatable bonds is 2. The zero-order valence-electron chi connectivity index (χ0n) is 14.1. The highest BCUT2D eigenvalue weighted by Gasteiger charge is 2.75. The van der Waals surface area contributed by atoms with Crippen LogP contribution in [0.1, 0.15) is 45.1 Å². The summed E-state index contributed by atoms with van der Waals surface area (Å²) in [6, 6.07) is 5.63. The minimum Gasteiger partial charge on any atom is -0.448 e. The van der Waals surface area contributed by atoms with Crippen molar-refractivity contribution in [1.29, 1.82) is 0 Å². The molecule has 2 aromatic rings. The van der Waals surface area contributed by atoms with Gasteiger partial charge in [0.15, 0.2) is 5.60 Å². The van der Waals surface area contributed by atoms with Crippen LogP contribution in [-0.4, -0.2) is 16.1 Å². The molecule has 2 heterocycles. The molecule has 0 radical (unpaired) electrons. The summed E-state index contributed by atoms with van der Waals surface area (Å²) in [4.78, 5) is 16.9. The van der Waals surface area contributed by atoms with Gasteiger partial charge in [-0.1, -0.05) is 42.7 Å². The topological polar surface area (TPSA) is 65.2 Å². The van der Waals surface area contributed by atoms with Crippen LogP contribution in [0.5, 0.6) is 0 Å². The Balaban J connectivity index is 1.78. The zero-order valence-corrected chi connectivity index (χ0v) is 14.9. The van der Waals surface area contributed by atoms with Gasteiger partial charge in [0.05, 0.1) is 5.41 Å². The molecule has 2 bridgehead atoms. The van der Waals surface area contributed by atoms with Crippen molar-refractivity contribution in [2.45, 2.75) is 46.1 Å². The maximum atomic E-state index is 12.4. The van der Waals surface area contributed by atoms with Gasteiger partial charge in [-0.05, 0) is 38.3 Å². The fourth-order valence-electron chi connectivity index (χ4n) is 3.96. The lowest BCUT2D eigenvalue weighted by atomic mass is 9.66. The number of nitrogens with zero attached hydrogens (tertiary/aromatic N) is 2. The highest BCUT2D eigenvalue weighted by atomic mass is 35.5. The largest absolute Gasteiger partial charge is 0.448 e. The first kappa shape index (κ1) is 15.6. The van der Waals surface area contributed by atoms with E-state index in [1.54, 1.807) is 0 Å². The Morgan fingerprint density at radius 3 is 2.54 bits per heavy atom. The van der Waals surface area contributed by atoms with E-state index in [0.29, 0.717) is 23.2 Å². The van der Waals surface area contributed by atoms with Gasteiger partial charge in [0.1, 0.15) is 0 Å². The molecule has 1 saturated heterocycles. The highest BCUT2D eigenvalue weighted by molar-refractivity contribution is 6.31. The molecule has 1 aliphatic heterocycles. The van der Waals surface area contributed by atoms with Crippen molar-refractivity contribution in [3.63, 3.8) is 0 Å². The quantitative estimate of drug-likeness (QED) is 0.759. The molecule has 5 nitrogen and oxygen atoms in total. The minimum absolute atomic E-state index is 0.183. The van der Waals surface area contributed by atoms with Crippen LogP contribution in [0, 0.1) is 17.8 Å². The summed E-state index contributed by atoms with van der Waals surface area (Å²) in [5.41, 5.74) is -0.0147. The van der Waals surface area contributed by atoms with Gasteiger partial charge in [-0.3, -0.25) is 4.79 Å². The van der Waals surface area contributed by atoms with Gasteiger partial charge >= 0.3 is 5.97 Å². The molecule has 0 N–H and O–H groups in total. The van der Waals surface area contributed by atoms with Crippen LogP contribution < -0.4 is 0 Å². The van der Waals surface area contributed by atoms with Gasteiger partial charge in [0.25, 0.3) is 5.89 Å². The fourth-order valence-corrected chi connectivity index (χ4v) is 4.14. The first-order chi connectivity index (χ1) is 11.2. The molecule has 1 aromatic heterocycles. The van der Waals surface area contributed by atoms with E-state index in [0.717, 1.165) is 17.5 Å². The molecule has 0 amide bonds. The normalized spacial score (nSPS) is 30.6.